The summed E-state index contributed by atoms with van der Waals surface area (Å²) in [6, 6.07) is 12.2. The average molecular weight is 550 g/mol. The topological polar surface area (TPSA) is 112 Å². The van der Waals surface area contributed by atoms with E-state index in [1.54, 1.807) is 24.0 Å². The Bertz CT molecular complexity index is 1740. The molecule has 41 heavy (non-hydrogen) atoms. The van der Waals surface area contributed by atoms with Gasteiger partial charge in [0.2, 0.25) is 0 Å². The summed E-state index contributed by atoms with van der Waals surface area (Å²) in [6.07, 6.45) is 11.3. The fourth-order valence-corrected chi connectivity index (χ4v) is 6.54. The van der Waals surface area contributed by atoms with Gasteiger partial charge in [0.05, 0.1) is 30.5 Å². The zero-order valence-corrected chi connectivity index (χ0v) is 22.8. The highest BCUT2D eigenvalue weighted by atomic mass is 16.5. The van der Waals surface area contributed by atoms with Crippen LogP contribution in [0.25, 0.3) is 22.2 Å². The number of pyridine rings is 3. The van der Waals surface area contributed by atoms with Gasteiger partial charge in [0.25, 0.3) is 5.56 Å². The van der Waals surface area contributed by atoms with Crippen molar-refractivity contribution in [2.24, 2.45) is 7.05 Å². The average Bonchev–Trinajstić information content (AvgIpc) is 3.55. The molecule has 4 aromatic rings. The monoisotopic (exact) mass is 549 g/mol. The van der Waals surface area contributed by atoms with E-state index in [1.165, 1.54) is 16.2 Å². The smallest absolute Gasteiger partial charge is 0.250 e. The van der Waals surface area contributed by atoms with Crippen molar-refractivity contribution in [1.29, 1.82) is 5.26 Å². The van der Waals surface area contributed by atoms with E-state index in [0.717, 1.165) is 60.4 Å². The van der Waals surface area contributed by atoms with Crippen molar-refractivity contribution in [3.8, 4) is 17.2 Å². The number of rotatable bonds is 5. The Labute approximate surface area is 237 Å². The number of aromatic nitrogens is 4. The molecule has 1 N–H and O–H groups in total. The maximum Gasteiger partial charge on any atom is 0.250 e. The molecule has 2 bridgehead atoms. The molecule has 4 aromatic heterocycles. The second kappa shape index (κ2) is 10.3. The first kappa shape index (κ1) is 25.7. The van der Waals surface area contributed by atoms with E-state index in [4.69, 9.17) is 9.72 Å². The molecule has 208 valence electrons. The number of ether oxygens (including phenoxy) is 1. The molecule has 2 fully saturated rings. The lowest BCUT2D eigenvalue weighted by Crippen LogP contribution is -2.55. The Balaban J connectivity index is 1.16. The molecule has 10 heteroatoms. The summed E-state index contributed by atoms with van der Waals surface area (Å²) >= 11 is 0. The van der Waals surface area contributed by atoms with Crippen molar-refractivity contribution in [3.05, 3.63) is 88.2 Å². The molecule has 0 saturated carbocycles. The lowest BCUT2D eigenvalue weighted by Gasteiger charge is -2.43. The van der Waals surface area contributed by atoms with Crippen LogP contribution in [-0.2, 0) is 11.8 Å². The lowest BCUT2D eigenvalue weighted by molar-refractivity contribution is -0.0384. The highest BCUT2D eigenvalue weighted by Gasteiger charge is 2.43. The van der Waals surface area contributed by atoms with Crippen LogP contribution in [0, 0.1) is 11.3 Å². The van der Waals surface area contributed by atoms with E-state index in [1.807, 2.05) is 24.5 Å². The minimum absolute atomic E-state index is 0.123. The Morgan fingerprint density at radius 3 is 2.63 bits per heavy atom. The van der Waals surface area contributed by atoms with Gasteiger partial charge in [-0.1, -0.05) is 6.08 Å². The molecule has 0 amide bonds. The van der Waals surface area contributed by atoms with Gasteiger partial charge in [-0.3, -0.25) is 9.69 Å². The quantitative estimate of drug-likeness (QED) is 0.404. The third-order valence-electron chi connectivity index (χ3n) is 8.70. The van der Waals surface area contributed by atoms with Crippen LogP contribution in [0.2, 0.25) is 0 Å². The van der Waals surface area contributed by atoms with E-state index in [0.29, 0.717) is 24.3 Å². The first-order valence-corrected chi connectivity index (χ1v) is 14.0. The molecule has 3 atom stereocenters. The molecule has 0 radical (unpaired) electrons. The van der Waals surface area contributed by atoms with Gasteiger partial charge >= 0.3 is 0 Å². The highest BCUT2D eigenvalue weighted by Crippen LogP contribution is 2.38. The number of aliphatic hydroxyl groups is 1. The fraction of sp³-hybridized carbons (Fsp3) is 0.355. The number of nitriles is 1. The van der Waals surface area contributed by atoms with Gasteiger partial charge in [0.15, 0.2) is 0 Å². The molecule has 10 nitrogen and oxygen atoms in total. The van der Waals surface area contributed by atoms with Crippen LogP contribution in [0.3, 0.4) is 0 Å². The van der Waals surface area contributed by atoms with E-state index in [-0.39, 0.29) is 17.6 Å². The molecular weight excluding hydrogens is 518 g/mol. The Morgan fingerprint density at radius 1 is 1.12 bits per heavy atom. The Morgan fingerprint density at radius 2 is 1.95 bits per heavy atom. The van der Waals surface area contributed by atoms with Crippen LogP contribution in [0.4, 0.5) is 5.82 Å². The van der Waals surface area contributed by atoms with Crippen LogP contribution < -0.4 is 10.5 Å². The number of nitrogens with zero attached hydrogens (tertiary/aromatic N) is 7. The van der Waals surface area contributed by atoms with Gasteiger partial charge in [-0.05, 0) is 54.7 Å². The van der Waals surface area contributed by atoms with Gasteiger partial charge in [0.1, 0.15) is 18.1 Å². The molecule has 3 aliphatic heterocycles. The van der Waals surface area contributed by atoms with Crippen molar-refractivity contribution in [2.45, 2.75) is 37.6 Å². The summed E-state index contributed by atoms with van der Waals surface area (Å²) in [4.78, 5) is 21.5. The van der Waals surface area contributed by atoms with E-state index in [2.05, 4.69) is 39.2 Å². The third kappa shape index (κ3) is 4.52. The summed E-state index contributed by atoms with van der Waals surface area (Å²) < 4.78 is 8.80. The predicted molar refractivity (Wildman–Crippen MR) is 154 cm³/mol. The van der Waals surface area contributed by atoms with E-state index >= 15 is 0 Å². The summed E-state index contributed by atoms with van der Waals surface area (Å²) in [5, 5.41) is 25.4. The zero-order chi connectivity index (χ0) is 28.1. The van der Waals surface area contributed by atoms with Crippen LogP contribution >= 0.6 is 0 Å². The standard InChI is InChI=1S/C31H31N7O3/c1-35-9-6-21(13-29(35)39)31(40)38-25-3-4-26(38)19-36(18-25)28-5-2-22(15-33-28)27-12-23(20-7-10-41-11-8-20)17-37-30(27)24(14-32)16-34-37/h2,5-7,9,12-13,15-17,25-26,31,40H,3-4,8,10-11,18-19H2,1H3. The molecule has 3 aliphatic rings. The summed E-state index contributed by atoms with van der Waals surface area (Å²) in [6.45, 7) is 2.79. The van der Waals surface area contributed by atoms with Gasteiger partial charge in [0, 0.05) is 73.6 Å². The van der Waals surface area contributed by atoms with E-state index < -0.39 is 6.23 Å². The molecule has 0 spiro atoms. The van der Waals surface area contributed by atoms with Crippen molar-refractivity contribution in [1.82, 2.24) is 24.1 Å². The SMILES string of the molecule is Cn1ccc(C(O)N2C3CCC2CN(c2ccc(-c4cc(C5=CCOCC5)cn5ncc(C#N)c45)cn2)C3)cc1=O. The zero-order valence-electron chi connectivity index (χ0n) is 22.8. The first-order chi connectivity index (χ1) is 20.0. The summed E-state index contributed by atoms with van der Waals surface area (Å²) in [5.41, 5.74) is 5.94. The van der Waals surface area contributed by atoms with E-state index in [9.17, 15) is 15.2 Å². The fourth-order valence-electron chi connectivity index (χ4n) is 6.54. The maximum absolute atomic E-state index is 12.2. The number of aryl methyl sites for hydroxylation is 1. The molecule has 0 aliphatic carbocycles. The molecule has 0 aromatic carbocycles. The minimum Gasteiger partial charge on any atom is -0.377 e. The third-order valence-corrected chi connectivity index (χ3v) is 8.70. The van der Waals surface area contributed by atoms with Gasteiger partial charge < -0.3 is 19.3 Å². The Hall–Kier alpha value is -4.30. The molecule has 7 heterocycles. The summed E-state index contributed by atoms with van der Waals surface area (Å²) in [7, 11) is 1.71. The highest BCUT2D eigenvalue weighted by molar-refractivity contribution is 5.87. The number of anilines is 1. The van der Waals surface area contributed by atoms with Gasteiger partial charge in [-0.15, -0.1) is 0 Å². The second-order valence-electron chi connectivity index (χ2n) is 11.1. The number of hydrogen-bond donors (Lipinski definition) is 1. The number of hydrogen-bond acceptors (Lipinski definition) is 8. The van der Waals surface area contributed by atoms with Gasteiger partial charge in [-0.2, -0.15) is 10.4 Å². The maximum atomic E-state index is 12.2. The van der Waals surface area contributed by atoms with Crippen molar-refractivity contribution in [2.75, 3.05) is 31.2 Å². The second-order valence-corrected chi connectivity index (χ2v) is 11.1. The van der Waals surface area contributed by atoms with Crippen molar-refractivity contribution in [3.63, 3.8) is 0 Å². The molecule has 2 saturated heterocycles. The van der Waals surface area contributed by atoms with Crippen LogP contribution in [-0.4, -0.2) is 67.6 Å². The van der Waals surface area contributed by atoms with Crippen molar-refractivity contribution < 1.29 is 9.84 Å². The first-order valence-electron chi connectivity index (χ1n) is 14.0. The summed E-state index contributed by atoms with van der Waals surface area (Å²) in [5.74, 6) is 0.890. The number of piperazine rings is 1. The number of fused-ring (bicyclic) bond motifs is 3. The van der Waals surface area contributed by atoms with Crippen molar-refractivity contribution >= 4 is 16.9 Å². The normalized spacial score (nSPS) is 21.6. The van der Waals surface area contributed by atoms with Crippen LogP contribution in [0.1, 0.15) is 42.2 Å². The predicted octanol–water partition coefficient (Wildman–Crippen LogP) is 3.11. The lowest BCUT2D eigenvalue weighted by atomic mass is 9.98. The molecule has 3 unspecified atom stereocenters. The largest absolute Gasteiger partial charge is 0.377 e. The number of aliphatic hydroxyl groups excluding tert-OH is 1. The van der Waals surface area contributed by atoms with Crippen LogP contribution in [0.15, 0.2) is 66.0 Å². The Kier molecular flexibility index (Phi) is 6.43. The minimum atomic E-state index is -0.801. The van der Waals surface area contributed by atoms with Gasteiger partial charge in [-0.25, -0.2) is 9.50 Å². The molecular formula is C31H31N7O3. The van der Waals surface area contributed by atoms with Crippen LogP contribution in [0.5, 0.6) is 0 Å². The molecule has 7 rings (SSSR count).